The molecule has 0 spiro atoms. The molecule has 4 rings (SSSR count). The Hall–Kier alpha value is -3.09. The zero-order valence-corrected chi connectivity index (χ0v) is 26.3. The molecule has 1 N–H and O–H groups in total. The van der Waals surface area contributed by atoms with Gasteiger partial charge in [-0.15, -0.1) is 0 Å². The summed E-state index contributed by atoms with van der Waals surface area (Å²) in [6.07, 6.45) is -0.692. The summed E-state index contributed by atoms with van der Waals surface area (Å²) in [6, 6.07) is 13.6. The molecule has 7 heteroatoms. The molecule has 0 saturated heterocycles. The summed E-state index contributed by atoms with van der Waals surface area (Å²) in [5, 5.41) is 7.25. The number of nitrogens with one attached hydrogen (secondary N) is 1. The number of rotatable bonds is 8. The molecule has 2 atom stereocenters. The van der Waals surface area contributed by atoms with Gasteiger partial charge in [0.05, 0.1) is 17.8 Å². The van der Waals surface area contributed by atoms with Crippen molar-refractivity contribution in [3.05, 3.63) is 82.5 Å². The van der Waals surface area contributed by atoms with Crippen LogP contribution in [-0.4, -0.2) is 21.7 Å². The van der Waals surface area contributed by atoms with Gasteiger partial charge in [0.25, 0.3) is 0 Å². The van der Waals surface area contributed by atoms with Gasteiger partial charge in [-0.3, -0.25) is 4.79 Å². The fourth-order valence-corrected chi connectivity index (χ4v) is 5.57. The Bertz CT molecular complexity index is 1360. The number of aromatic nitrogens is 2. The monoisotopic (exact) mass is 581 g/mol. The first-order valence-corrected chi connectivity index (χ1v) is 15.0. The molecule has 1 aromatic heterocycles. The van der Waals surface area contributed by atoms with Gasteiger partial charge in [0, 0.05) is 12.8 Å². The van der Waals surface area contributed by atoms with Crippen molar-refractivity contribution < 1.29 is 18.0 Å². The van der Waals surface area contributed by atoms with Gasteiger partial charge < -0.3 is 5.32 Å². The van der Waals surface area contributed by atoms with E-state index in [1.54, 1.807) is 0 Å². The van der Waals surface area contributed by atoms with E-state index in [2.05, 4.69) is 84.0 Å². The van der Waals surface area contributed by atoms with Crippen LogP contribution in [0.4, 0.5) is 19.0 Å². The number of fused-ring (bicyclic) bond motifs is 1. The lowest BCUT2D eigenvalue weighted by Crippen LogP contribution is -2.36. The minimum absolute atomic E-state index is 0.0430. The van der Waals surface area contributed by atoms with Crippen molar-refractivity contribution >= 4 is 11.6 Å². The minimum atomic E-state index is -4.48. The van der Waals surface area contributed by atoms with Gasteiger partial charge in [-0.2, -0.15) is 18.3 Å². The third-order valence-electron chi connectivity index (χ3n) is 8.58. The number of Topliss-reactive ketones (excluding diaryl/α,β-unsaturated/α-hetero) is 1. The molecule has 228 valence electrons. The molecule has 2 aromatic carbocycles. The lowest BCUT2D eigenvalue weighted by molar-refractivity contribution is -0.173. The number of carbonyl (C=O) groups is 1. The second kappa shape index (κ2) is 11.5. The summed E-state index contributed by atoms with van der Waals surface area (Å²) >= 11 is 0. The lowest BCUT2D eigenvalue weighted by Gasteiger charge is -2.34. The highest BCUT2D eigenvalue weighted by atomic mass is 19.4. The first-order valence-electron chi connectivity index (χ1n) is 15.0. The van der Waals surface area contributed by atoms with Crippen LogP contribution in [0.15, 0.2) is 54.7 Å². The van der Waals surface area contributed by atoms with E-state index >= 15 is 0 Å². The Kier molecular flexibility index (Phi) is 8.74. The van der Waals surface area contributed by atoms with E-state index in [1.165, 1.54) is 22.9 Å². The second-order valence-corrected chi connectivity index (χ2v) is 14.8. The predicted molar refractivity (Wildman–Crippen MR) is 164 cm³/mol. The Morgan fingerprint density at radius 3 is 2.05 bits per heavy atom. The highest BCUT2D eigenvalue weighted by Gasteiger charge is 2.47. The number of aryl methyl sites for hydroxylation is 1. The molecule has 0 saturated carbocycles. The first kappa shape index (κ1) is 31.8. The summed E-state index contributed by atoms with van der Waals surface area (Å²) in [6.45, 7) is 17.7. The maximum Gasteiger partial charge on any atom is 0.410 e. The third-order valence-corrected chi connectivity index (χ3v) is 8.58. The molecule has 1 aliphatic heterocycles. The maximum absolute atomic E-state index is 14.1. The molecule has 0 radical (unpaired) electrons. The fourth-order valence-electron chi connectivity index (χ4n) is 5.57. The predicted octanol–water partition coefficient (Wildman–Crippen LogP) is 9.76. The number of ketones is 1. The quantitative estimate of drug-likeness (QED) is 0.269. The van der Waals surface area contributed by atoms with Crippen LogP contribution < -0.4 is 5.32 Å². The molecular formula is C35H46F3N3O. The van der Waals surface area contributed by atoms with E-state index in [0.29, 0.717) is 6.42 Å². The van der Waals surface area contributed by atoms with Crippen LogP contribution in [0.5, 0.6) is 0 Å². The van der Waals surface area contributed by atoms with Crippen LogP contribution in [0.25, 0.3) is 0 Å². The summed E-state index contributed by atoms with van der Waals surface area (Å²) in [4.78, 5) is 13.4. The number of hydrogen-bond donors (Lipinski definition) is 1. The molecule has 2 heterocycles. The molecule has 0 unspecified atom stereocenters. The van der Waals surface area contributed by atoms with Crippen molar-refractivity contribution in [2.24, 2.45) is 5.41 Å². The number of halogens is 3. The molecular weight excluding hydrogens is 535 g/mol. The van der Waals surface area contributed by atoms with Crippen LogP contribution >= 0.6 is 0 Å². The Labute approximate surface area is 249 Å². The SMILES string of the molecule is CC(C)(CCC(=O)c1cnn2c1N[C@@H](c1ccccc1)C[C@H]2C(F)(F)F)CCc1cc(C(C)(C)C)cc(C(C)(C)C)c1. The summed E-state index contributed by atoms with van der Waals surface area (Å²) < 4.78 is 43.1. The smallest absolute Gasteiger partial charge is 0.363 e. The molecule has 1 aliphatic rings. The number of hydrogen-bond acceptors (Lipinski definition) is 3. The standard InChI is InChI=1S/C35H46F3N3O/c1-32(2,3)25-18-23(19-26(20-25)33(4,5)6)14-16-34(7,8)17-15-29(42)27-22-39-41-30(35(36,37)38)21-28(40-31(27)41)24-12-10-9-11-13-24/h9-13,18-20,22,28,30,40H,14-17,21H2,1-8H3/t28-,30+/m1/s1. The van der Waals surface area contributed by atoms with E-state index in [4.69, 9.17) is 0 Å². The van der Waals surface area contributed by atoms with Gasteiger partial charge in [0.2, 0.25) is 0 Å². The van der Waals surface area contributed by atoms with Gasteiger partial charge in [-0.25, -0.2) is 4.68 Å². The van der Waals surface area contributed by atoms with E-state index < -0.39 is 18.3 Å². The average Bonchev–Trinajstić information content (AvgIpc) is 3.33. The number of anilines is 1. The fraction of sp³-hybridized carbons (Fsp3) is 0.543. The molecule has 4 nitrogen and oxygen atoms in total. The largest absolute Gasteiger partial charge is 0.410 e. The molecule has 0 bridgehead atoms. The number of alkyl halides is 3. The summed E-state index contributed by atoms with van der Waals surface area (Å²) in [5.41, 5.74) is 4.88. The number of nitrogens with zero attached hydrogens (tertiary/aromatic N) is 2. The van der Waals surface area contributed by atoms with Crippen LogP contribution in [0.2, 0.25) is 0 Å². The van der Waals surface area contributed by atoms with Gasteiger partial charge in [0.1, 0.15) is 5.82 Å². The van der Waals surface area contributed by atoms with E-state index in [-0.39, 0.29) is 46.3 Å². The van der Waals surface area contributed by atoms with Crippen molar-refractivity contribution in [1.82, 2.24) is 9.78 Å². The van der Waals surface area contributed by atoms with Crippen molar-refractivity contribution in [2.75, 3.05) is 5.32 Å². The molecule has 0 amide bonds. The number of benzene rings is 2. The first-order chi connectivity index (χ1) is 19.3. The van der Waals surface area contributed by atoms with Crippen LogP contribution in [0, 0.1) is 5.41 Å². The van der Waals surface area contributed by atoms with Gasteiger partial charge >= 0.3 is 6.18 Å². The highest BCUT2D eigenvalue weighted by molar-refractivity contribution is 6.00. The molecule has 3 aromatic rings. The topological polar surface area (TPSA) is 46.9 Å². The average molecular weight is 582 g/mol. The van der Waals surface area contributed by atoms with E-state index in [9.17, 15) is 18.0 Å². The van der Waals surface area contributed by atoms with E-state index in [1.807, 2.05) is 30.3 Å². The number of carbonyl (C=O) groups excluding carboxylic acids is 1. The van der Waals surface area contributed by atoms with Crippen molar-refractivity contribution in [2.45, 2.75) is 117 Å². The summed E-state index contributed by atoms with van der Waals surface area (Å²) in [5.74, 6) is -0.0230. The van der Waals surface area contributed by atoms with Crippen molar-refractivity contribution in [1.29, 1.82) is 0 Å². The lowest BCUT2D eigenvalue weighted by atomic mass is 9.77. The highest BCUT2D eigenvalue weighted by Crippen LogP contribution is 2.44. The molecule has 0 fully saturated rings. The van der Waals surface area contributed by atoms with Crippen LogP contribution in [0.1, 0.15) is 126 Å². The van der Waals surface area contributed by atoms with Gasteiger partial charge in [-0.05, 0) is 57.8 Å². The normalized spacial score (nSPS) is 18.0. The molecule has 42 heavy (non-hydrogen) atoms. The zero-order valence-electron chi connectivity index (χ0n) is 26.3. The zero-order chi connectivity index (χ0) is 31.1. The van der Waals surface area contributed by atoms with Crippen molar-refractivity contribution in [3.63, 3.8) is 0 Å². The van der Waals surface area contributed by atoms with E-state index in [0.717, 1.165) is 23.1 Å². The molecule has 0 aliphatic carbocycles. The summed E-state index contributed by atoms with van der Waals surface area (Å²) in [7, 11) is 0. The van der Waals surface area contributed by atoms with Crippen LogP contribution in [0.3, 0.4) is 0 Å². The Morgan fingerprint density at radius 2 is 1.50 bits per heavy atom. The Morgan fingerprint density at radius 1 is 0.905 bits per heavy atom. The Balaban J connectivity index is 1.48. The minimum Gasteiger partial charge on any atom is -0.363 e. The maximum atomic E-state index is 14.1. The second-order valence-electron chi connectivity index (χ2n) is 14.8. The van der Waals surface area contributed by atoms with Gasteiger partial charge in [0.15, 0.2) is 11.8 Å². The van der Waals surface area contributed by atoms with Crippen LogP contribution in [-0.2, 0) is 17.3 Å². The third kappa shape index (κ3) is 7.45. The van der Waals surface area contributed by atoms with Gasteiger partial charge in [-0.1, -0.05) is 104 Å². The van der Waals surface area contributed by atoms with Crippen molar-refractivity contribution in [3.8, 4) is 0 Å².